The van der Waals surface area contributed by atoms with E-state index in [9.17, 15) is 0 Å². The fourth-order valence-corrected chi connectivity index (χ4v) is 1.40. The van der Waals surface area contributed by atoms with E-state index >= 15 is 0 Å². The lowest BCUT2D eigenvalue weighted by Gasteiger charge is -2.12. The second-order valence-corrected chi connectivity index (χ2v) is 2.85. The van der Waals surface area contributed by atoms with Gasteiger partial charge in [-0.3, -0.25) is 4.90 Å². The van der Waals surface area contributed by atoms with Gasteiger partial charge in [0.25, 0.3) is 0 Å². The monoisotopic (exact) mass is 153 g/mol. The molecule has 2 heterocycles. The average molecular weight is 153 g/mol. The van der Waals surface area contributed by atoms with E-state index in [0.717, 1.165) is 19.8 Å². The molecule has 0 atom stereocenters. The fraction of sp³-hybridized carbons (Fsp3) is 0.714. The van der Waals surface area contributed by atoms with Crippen molar-refractivity contribution in [2.24, 2.45) is 0 Å². The number of likely N-dealkylation sites (tertiary alicyclic amines) is 1. The maximum Gasteiger partial charge on any atom is 0.137 e. The Morgan fingerprint density at radius 3 is 2.91 bits per heavy atom. The summed E-state index contributed by atoms with van der Waals surface area (Å²) in [4.78, 5) is 6.06. The van der Waals surface area contributed by atoms with E-state index in [1.54, 1.807) is 11.0 Å². The van der Waals surface area contributed by atoms with Crippen LogP contribution < -0.4 is 0 Å². The summed E-state index contributed by atoms with van der Waals surface area (Å²) in [7, 11) is 0. The van der Waals surface area contributed by atoms with E-state index in [2.05, 4.69) is 15.0 Å². The highest BCUT2D eigenvalue weighted by molar-refractivity contribution is 4.64. The summed E-state index contributed by atoms with van der Waals surface area (Å²) in [5.74, 6) is 0. The van der Waals surface area contributed by atoms with Crippen molar-refractivity contribution in [1.29, 1.82) is 0 Å². The van der Waals surface area contributed by atoms with Crippen molar-refractivity contribution in [3.8, 4) is 0 Å². The molecule has 1 fully saturated rings. The van der Waals surface area contributed by atoms with E-state index in [1.807, 2.05) is 0 Å². The average Bonchev–Trinajstić information content (AvgIpc) is 2.63. The zero-order valence-electron chi connectivity index (χ0n) is 7.40. The van der Waals surface area contributed by atoms with E-state index in [-0.39, 0.29) is 6.30 Å². The van der Waals surface area contributed by atoms with Crippen LogP contribution in [-0.4, -0.2) is 32.8 Å². The first-order chi connectivity index (χ1) is 5.84. The summed E-state index contributed by atoms with van der Waals surface area (Å²) in [6.07, 6.45) is 4.28. The van der Waals surface area contributed by atoms with Crippen LogP contribution in [0.2, 0.25) is 0 Å². The van der Waals surface area contributed by atoms with Crippen LogP contribution in [0.4, 0.5) is 0 Å². The molecule has 0 aromatic carbocycles. The van der Waals surface area contributed by atoms with Crippen molar-refractivity contribution in [3.05, 3.63) is 12.6 Å². The predicted octanol–water partition coefficient (Wildman–Crippen LogP) is 0.331. The van der Waals surface area contributed by atoms with Gasteiger partial charge in [-0.25, -0.2) is 9.67 Å². The topological polar surface area (TPSA) is 34.0 Å². The van der Waals surface area contributed by atoms with Gasteiger partial charge in [-0.05, 0) is 25.9 Å². The molecule has 0 unspecified atom stereocenters. The molecule has 60 valence electrons. The van der Waals surface area contributed by atoms with Gasteiger partial charge < -0.3 is 0 Å². The SMILES string of the molecule is [2H]c1ncn(CN2CCCC2)n1. The Hall–Kier alpha value is -0.900. The first-order valence-corrected chi connectivity index (χ1v) is 3.93. The highest BCUT2D eigenvalue weighted by Crippen LogP contribution is 2.07. The van der Waals surface area contributed by atoms with E-state index in [4.69, 9.17) is 1.37 Å². The number of nitrogens with zero attached hydrogens (tertiary/aromatic N) is 4. The summed E-state index contributed by atoms with van der Waals surface area (Å²) >= 11 is 0. The number of aromatic nitrogens is 3. The van der Waals surface area contributed by atoms with Gasteiger partial charge >= 0.3 is 0 Å². The zero-order valence-corrected chi connectivity index (χ0v) is 6.40. The fourth-order valence-electron chi connectivity index (χ4n) is 1.40. The molecule has 1 saturated heterocycles. The lowest BCUT2D eigenvalue weighted by molar-refractivity contribution is 0.255. The number of hydrogen-bond acceptors (Lipinski definition) is 3. The van der Waals surface area contributed by atoms with E-state index < -0.39 is 0 Å². The van der Waals surface area contributed by atoms with Crippen LogP contribution >= 0.6 is 0 Å². The third-order valence-electron chi connectivity index (χ3n) is 1.97. The summed E-state index contributed by atoms with van der Waals surface area (Å²) in [5.41, 5.74) is 0. The molecule has 2 rings (SSSR count). The number of hydrogen-bond donors (Lipinski definition) is 0. The minimum atomic E-state index is 0.106. The highest BCUT2D eigenvalue weighted by atomic mass is 15.4. The summed E-state index contributed by atoms with van der Waals surface area (Å²) < 4.78 is 8.84. The van der Waals surface area contributed by atoms with E-state index in [1.165, 1.54) is 12.8 Å². The van der Waals surface area contributed by atoms with Crippen LogP contribution in [0.5, 0.6) is 0 Å². The van der Waals surface area contributed by atoms with Crippen LogP contribution in [-0.2, 0) is 6.67 Å². The molecule has 0 amide bonds. The van der Waals surface area contributed by atoms with Crippen LogP contribution in [0.1, 0.15) is 14.2 Å². The van der Waals surface area contributed by atoms with Crippen LogP contribution in [0.25, 0.3) is 0 Å². The molecule has 11 heavy (non-hydrogen) atoms. The lowest BCUT2D eigenvalue weighted by Crippen LogP contribution is -2.22. The molecule has 0 radical (unpaired) electrons. The van der Waals surface area contributed by atoms with Crippen LogP contribution in [0, 0.1) is 0 Å². The standard InChI is InChI=1S/C7H12N4/c1-2-4-10(3-1)7-11-6-8-5-9-11/h5-6H,1-4,7H2/i5D. The van der Waals surface area contributed by atoms with Crippen molar-refractivity contribution in [3.63, 3.8) is 0 Å². The minimum absolute atomic E-state index is 0.106. The maximum absolute atomic E-state index is 7.13. The maximum atomic E-state index is 7.13. The summed E-state index contributed by atoms with van der Waals surface area (Å²) in [6.45, 7) is 3.08. The Bertz CT molecular complexity index is 254. The van der Waals surface area contributed by atoms with Crippen molar-refractivity contribution in [1.82, 2.24) is 19.7 Å². The van der Waals surface area contributed by atoms with Gasteiger partial charge in [-0.1, -0.05) is 0 Å². The van der Waals surface area contributed by atoms with Gasteiger partial charge in [-0.15, -0.1) is 0 Å². The number of rotatable bonds is 2. The molecule has 1 aromatic heterocycles. The van der Waals surface area contributed by atoms with Crippen LogP contribution in [0.15, 0.2) is 12.6 Å². The second-order valence-electron chi connectivity index (χ2n) is 2.85. The molecule has 1 aliphatic rings. The Kier molecular flexibility index (Phi) is 1.56. The first-order valence-electron chi connectivity index (χ1n) is 4.43. The molecule has 0 spiro atoms. The second kappa shape index (κ2) is 3.00. The van der Waals surface area contributed by atoms with Crippen molar-refractivity contribution < 1.29 is 1.37 Å². The van der Waals surface area contributed by atoms with Gasteiger partial charge in [-0.2, -0.15) is 5.10 Å². The van der Waals surface area contributed by atoms with Gasteiger partial charge in [0, 0.05) is 0 Å². The van der Waals surface area contributed by atoms with Gasteiger partial charge in [0.15, 0.2) is 0 Å². The molecule has 1 aliphatic heterocycles. The molecule has 4 heteroatoms. The third kappa shape index (κ3) is 1.57. The quantitative estimate of drug-likeness (QED) is 0.614. The van der Waals surface area contributed by atoms with Gasteiger partial charge in [0.1, 0.15) is 14.0 Å². The van der Waals surface area contributed by atoms with Crippen molar-refractivity contribution >= 4 is 0 Å². The Morgan fingerprint density at radius 2 is 2.27 bits per heavy atom. The molecular formula is C7H12N4. The molecular weight excluding hydrogens is 140 g/mol. The first kappa shape index (κ1) is 5.71. The van der Waals surface area contributed by atoms with E-state index in [0.29, 0.717) is 0 Å². The molecule has 0 saturated carbocycles. The largest absolute Gasteiger partial charge is 0.284 e. The van der Waals surface area contributed by atoms with Gasteiger partial charge in [0.05, 0.1) is 6.67 Å². The molecule has 0 N–H and O–H groups in total. The minimum Gasteiger partial charge on any atom is -0.284 e. The lowest BCUT2D eigenvalue weighted by atomic mass is 10.4. The molecule has 0 aliphatic carbocycles. The smallest absolute Gasteiger partial charge is 0.137 e. The third-order valence-corrected chi connectivity index (χ3v) is 1.97. The highest BCUT2D eigenvalue weighted by Gasteiger charge is 2.10. The molecule has 1 aromatic rings. The summed E-state index contributed by atoms with van der Waals surface area (Å²) in [5, 5.41) is 3.90. The molecule has 4 nitrogen and oxygen atoms in total. The Morgan fingerprint density at radius 1 is 1.45 bits per heavy atom. The zero-order chi connectivity index (χ0) is 8.39. The Labute approximate surface area is 67.2 Å². The normalized spacial score (nSPS) is 20.5. The Balaban J connectivity index is 1.94. The van der Waals surface area contributed by atoms with Crippen molar-refractivity contribution in [2.45, 2.75) is 19.5 Å². The predicted molar refractivity (Wildman–Crippen MR) is 40.8 cm³/mol. The van der Waals surface area contributed by atoms with Crippen LogP contribution in [0.3, 0.4) is 0 Å². The summed E-state index contributed by atoms with van der Waals surface area (Å²) in [6, 6.07) is 0. The van der Waals surface area contributed by atoms with Gasteiger partial charge in [0.2, 0.25) is 0 Å². The molecule has 0 bridgehead atoms. The van der Waals surface area contributed by atoms with Crippen molar-refractivity contribution in [2.75, 3.05) is 13.1 Å².